The molecule has 0 aliphatic carbocycles. The van der Waals surface area contributed by atoms with Crippen molar-refractivity contribution in [2.75, 3.05) is 0 Å². The molecule has 0 aliphatic heterocycles. The van der Waals surface area contributed by atoms with E-state index in [1.54, 1.807) is 0 Å². The molecule has 254 valence electrons. The van der Waals surface area contributed by atoms with Gasteiger partial charge in [-0.25, -0.2) is 4.99 Å². The number of aliphatic imine (C=N–C) groups is 2. The van der Waals surface area contributed by atoms with Crippen LogP contribution in [0.25, 0.3) is 72.2 Å². The maximum atomic E-state index is 7.11. The molecular formula is C48H35N3O2. The van der Waals surface area contributed by atoms with Crippen LogP contribution in [0, 0.1) is 0 Å². The third-order valence-corrected chi connectivity index (χ3v) is 9.71. The maximum Gasteiger partial charge on any atom is 0.157 e. The van der Waals surface area contributed by atoms with Gasteiger partial charge in [0, 0.05) is 38.2 Å². The summed E-state index contributed by atoms with van der Waals surface area (Å²) in [4.78, 5) is 10.2. The van der Waals surface area contributed by atoms with Gasteiger partial charge < -0.3 is 14.6 Å². The van der Waals surface area contributed by atoms with Gasteiger partial charge >= 0.3 is 0 Å². The molecule has 7 aromatic carbocycles. The number of hydrogen-bond donors (Lipinski definition) is 1. The number of amidine groups is 2. The van der Waals surface area contributed by atoms with Gasteiger partial charge in [0.15, 0.2) is 5.84 Å². The number of furan rings is 2. The minimum atomic E-state index is 0.342. The van der Waals surface area contributed by atoms with Gasteiger partial charge in [0.25, 0.3) is 0 Å². The number of fused-ring (bicyclic) bond motifs is 6. The average molecular weight is 686 g/mol. The largest absolute Gasteiger partial charge is 0.456 e. The van der Waals surface area contributed by atoms with Crippen LogP contribution in [0.15, 0.2) is 183 Å². The molecule has 2 aromatic heterocycles. The summed E-state index contributed by atoms with van der Waals surface area (Å²) >= 11 is 0. The number of rotatable bonds is 7. The van der Waals surface area contributed by atoms with E-state index >= 15 is 0 Å². The number of para-hydroxylation sites is 3. The van der Waals surface area contributed by atoms with E-state index in [2.05, 4.69) is 115 Å². The Kier molecular flexibility index (Phi) is 8.22. The molecule has 0 atom stereocenters. The fourth-order valence-electron chi connectivity index (χ4n) is 7.19. The normalized spacial score (nSPS) is 12.5. The average Bonchev–Trinajstić information content (AvgIpc) is 3.78. The van der Waals surface area contributed by atoms with Gasteiger partial charge in [-0.05, 0) is 59.0 Å². The van der Waals surface area contributed by atoms with E-state index in [1.165, 1.54) is 0 Å². The van der Waals surface area contributed by atoms with Crippen LogP contribution in [0.3, 0.4) is 0 Å². The first-order valence-corrected chi connectivity index (χ1v) is 17.8. The highest BCUT2D eigenvalue weighted by Gasteiger charge is 2.19. The standard InChI is InChI=1S/C48H35N3O2/c1-2-13-32-16-6-7-17-36(32)33-24-26-34(27-25-33)48(50-30-31-14-4-3-5-15-31)51-47(49)41-28-35(29-44-45(41)40-19-9-11-23-43(40)52-44)37-20-12-21-39-38-18-8-10-22-42(38)53-46(37)39/h2-29H,30H2,1H3,(H2,49,50,51)/b13-2-. The second-order valence-electron chi connectivity index (χ2n) is 13.1. The monoisotopic (exact) mass is 685 g/mol. The molecule has 0 saturated carbocycles. The first-order chi connectivity index (χ1) is 26.1. The third-order valence-electron chi connectivity index (χ3n) is 9.71. The second-order valence-corrected chi connectivity index (χ2v) is 13.1. The highest BCUT2D eigenvalue weighted by atomic mass is 16.3. The molecule has 0 fully saturated rings. The fourth-order valence-corrected chi connectivity index (χ4v) is 7.19. The Morgan fingerprint density at radius 3 is 2.09 bits per heavy atom. The summed E-state index contributed by atoms with van der Waals surface area (Å²) in [5.41, 5.74) is 18.3. The van der Waals surface area contributed by atoms with Crippen LogP contribution in [0.5, 0.6) is 0 Å². The van der Waals surface area contributed by atoms with Crippen molar-refractivity contribution in [3.63, 3.8) is 0 Å². The van der Waals surface area contributed by atoms with Crippen molar-refractivity contribution < 1.29 is 8.83 Å². The predicted octanol–water partition coefficient (Wildman–Crippen LogP) is 12.2. The number of allylic oxidation sites excluding steroid dienone is 1. The Morgan fingerprint density at radius 1 is 0.604 bits per heavy atom. The highest BCUT2D eigenvalue weighted by Crippen LogP contribution is 2.40. The molecule has 0 saturated heterocycles. The van der Waals surface area contributed by atoms with Gasteiger partial charge in [-0.15, -0.1) is 0 Å². The van der Waals surface area contributed by atoms with Gasteiger partial charge in [0.2, 0.25) is 0 Å². The lowest BCUT2D eigenvalue weighted by Gasteiger charge is -2.11. The Balaban J connectivity index is 1.21. The molecule has 0 unspecified atom stereocenters. The Morgan fingerprint density at radius 2 is 1.28 bits per heavy atom. The van der Waals surface area contributed by atoms with Gasteiger partial charge in [0.05, 0.1) is 6.54 Å². The summed E-state index contributed by atoms with van der Waals surface area (Å²) in [7, 11) is 0. The molecule has 0 amide bonds. The zero-order valence-electron chi connectivity index (χ0n) is 29.2. The molecule has 5 heteroatoms. The van der Waals surface area contributed by atoms with Crippen LogP contribution >= 0.6 is 0 Å². The van der Waals surface area contributed by atoms with E-state index in [9.17, 15) is 0 Å². The topological polar surface area (TPSA) is 77.0 Å². The van der Waals surface area contributed by atoms with Crippen molar-refractivity contribution in [2.45, 2.75) is 13.5 Å². The lowest BCUT2D eigenvalue weighted by atomic mass is 9.96. The van der Waals surface area contributed by atoms with Crippen LogP contribution in [-0.4, -0.2) is 11.7 Å². The molecule has 53 heavy (non-hydrogen) atoms. The van der Waals surface area contributed by atoms with E-state index in [0.29, 0.717) is 18.2 Å². The molecule has 0 aliphatic rings. The van der Waals surface area contributed by atoms with E-state index in [-0.39, 0.29) is 0 Å². The van der Waals surface area contributed by atoms with Gasteiger partial charge in [-0.3, -0.25) is 4.99 Å². The first kappa shape index (κ1) is 32.0. The number of hydrogen-bond acceptors (Lipinski definition) is 3. The van der Waals surface area contributed by atoms with Crippen molar-refractivity contribution in [1.29, 1.82) is 0 Å². The summed E-state index contributed by atoms with van der Waals surface area (Å²) in [5.74, 6) is 0.889. The fraction of sp³-hybridized carbons (Fsp3) is 0.0417. The van der Waals surface area contributed by atoms with Crippen molar-refractivity contribution in [1.82, 2.24) is 0 Å². The van der Waals surface area contributed by atoms with E-state index in [0.717, 1.165) is 88.4 Å². The van der Waals surface area contributed by atoms with E-state index in [1.807, 2.05) is 61.5 Å². The third kappa shape index (κ3) is 5.98. The second kappa shape index (κ2) is 13.6. The van der Waals surface area contributed by atoms with Crippen molar-refractivity contribution in [2.24, 2.45) is 15.7 Å². The van der Waals surface area contributed by atoms with Gasteiger partial charge in [-0.1, -0.05) is 146 Å². The molecule has 9 rings (SSSR count). The summed E-state index contributed by atoms with van der Waals surface area (Å²) in [6.45, 7) is 2.49. The molecular weight excluding hydrogens is 651 g/mol. The van der Waals surface area contributed by atoms with Crippen LogP contribution in [0.4, 0.5) is 0 Å². The first-order valence-electron chi connectivity index (χ1n) is 17.8. The lowest BCUT2D eigenvalue weighted by molar-refractivity contribution is 0.668. The smallest absolute Gasteiger partial charge is 0.157 e. The number of benzene rings is 7. The molecule has 2 heterocycles. The zero-order chi connectivity index (χ0) is 35.7. The van der Waals surface area contributed by atoms with E-state index < -0.39 is 0 Å². The summed E-state index contributed by atoms with van der Waals surface area (Å²) in [6.07, 6.45) is 4.19. The highest BCUT2D eigenvalue weighted by molar-refractivity contribution is 6.22. The van der Waals surface area contributed by atoms with Crippen LogP contribution in [0.2, 0.25) is 0 Å². The minimum absolute atomic E-state index is 0.342. The Labute approximate surface area is 307 Å². The number of nitrogens with zero attached hydrogens (tertiary/aromatic N) is 2. The predicted molar refractivity (Wildman–Crippen MR) is 220 cm³/mol. The molecule has 0 radical (unpaired) electrons. The molecule has 2 N–H and O–H groups in total. The molecule has 9 aromatic rings. The zero-order valence-corrected chi connectivity index (χ0v) is 29.2. The SMILES string of the molecule is C/C=C\c1ccccc1-c1ccc(C(=NCc2ccccc2)N=C(N)c2cc(-c3cccc4c3oc3ccccc34)cc3oc4ccccc4c23)cc1. The summed E-state index contributed by atoms with van der Waals surface area (Å²) < 4.78 is 12.9. The number of nitrogens with two attached hydrogens (primary N) is 1. The quantitative estimate of drug-likeness (QED) is 0.134. The van der Waals surface area contributed by atoms with Crippen LogP contribution in [0.1, 0.15) is 29.2 Å². The van der Waals surface area contributed by atoms with Gasteiger partial charge in [0.1, 0.15) is 28.2 Å². The maximum absolute atomic E-state index is 7.11. The van der Waals surface area contributed by atoms with E-state index in [4.69, 9.17) is 24.6 Å². The summed E-state index contributed by atoms with van der Waals surface area (Å²) in [6, 6.07) is 53.5. The van der Waals surface area contributed by atoms with Crippen molar-refractivity contribution in [3.05, 3.63) is 186 Å². The minimum Gasteiger partial charge on any atom is -0.456 e. The van der Waals surface area contributed by atoms with Crippen molar-refractivity contribution >= 4 is 61.6 Å². The van der Waals surface area contributed by atoms with Crippen LogP contribution in [-0.2, 0) is 6.54 Å². The molecule has 5 nitrogen and oxygen atoms in total. The lowest BCUT2D eigenvalue weighted by Crippen LogP contribution is -2.17. The Hall–Kier alpha value is -6.98. The van der Waals surface area contributed by atoms with Crippen molar-refractivity contribution in [3.8, 4) is 22.3 Å². The van der Waals surface area contributed by atoms with Gasteiger partial charge in [-0.2, -0.15) is 0 Å². The molecule has 0 spiro atoms. The summed E-state index contributed by atoms with van der Waals surface area (Å²) in [5, 5.41) is 4.00. The van der Waals surface area contributed by atoms with Crippen LogP contribution < -0.4 is 5.73 Å². The Bertz CT molecular complexity index is 2870. The molecule has 0 bridgehead atoms.